The highest BCUT2D eigenvalue weighted by Crippen LogP contribution is 2.25. The summed E-state index contributed by atoms with van der Waals surface area (Å²) in [5.74, 6) is 0.154. The molecule has 0 spiro atoms. The van der Waals surface area contributed by atoms with Crippen molar-refractivity contribution >= 4 is 19.7 Å². The molecule has 0 bridgehead atoms. The largest absolute Gasteiger partial charge is 0.497 e. The van der Waals surface area contributed by atoms with Crippen molar-refractivity contribution in [1.82, 2.24) is 0 Å². The quantitative estimate of drug-likeness (QED) is 0.770. The summed E-state index contributed by atoms with van der Waals surface area (Å²) < 4.78 is 39.9. The topological polar surface area (TPSA) is 43.4 Å². The number of halogens is 2. The van der Waals surface area contributed by atoms with Gasteiger partial charge in [0.25, 0.3) is 0 Å². The lowest BCUT2D eigenvalue weighted by Crippen LogP contribution is -2.02. The van der Waals surface area contributed by atoms with Crippen LogP contribution in [0.1, 0.15) is 18.2 Å². The minimum atomic E-state index is -3.64. The van der Waals surface area contributed by atoms with Crippen LogP contribution in [0, 0.1) is 0 Å². The minimum Gasteiger partial charge on any atom is -0.497 e. The number of alkyl halides is 1. The molecule has 0 fully saturated rings. The molecule has 0 heterocycles. The number of methoxy groups -OCH3 is 1. The molecule has 0 aliphatic rings. The fourth-order valence-corrected chi connectivity index (χ4v) is 2.00. The zero-order valence-corrected chi connectivity index (χ0v) is 10.3. The Bertz CT molecular complexity index is 447. The first-order chi connectivity index (χ1) is 7.42. The van der Waals surface area contributed by atoms with Crippen molar-refractivity contribution < 1.29 is 17.5 Å². The lowest BCUT2D eigenvalue weighted by atomic mass is 10.1. The van der Waals surface area contributed by atoms with Gasteiger partial charge in [-0.15, -0.1) is 0 Å². The lowest BCUT2D eigenvalue weighted by Gasteiger charge is -2.08. The molecule has 3 nitrogen and oxygen atoms in total. The van der Waals surface area contributed by atoms with Crippen LogP contribution in [-0.4, -0.2) is 21.3 Å². The van der Waals surface area contributed by atoms with Crippen LogP contribution in [0.2, 0.25) is 0 Å². The summed E-state index contributed by atoms with van der Waals surface area (Å²) >= 11 is 0. The highest BCUT2D eigenvalue weighted by atomic mass is 35.7. The molecule has 1 unspecified atom stereocenters. The molecule has 1 aromatic carbocycles. The van der Waals surface area contributed by atoms with E-state index in [-0.39, 0.29) is 12.2 Å². The van der Waals surface area contributed by atoms with Gasteiger partial charge in [0, 0.05) is 10.7 Å². The molecular weight excluding hydrogens is 255 g/mol. The van der Waals surface area contributed by atoms with Gasteiger partial charge in [0.15, 0.2) is 0 Å². The van der Waals surface area contributed by atoms with Gasteiger partial charge in [-0.1, -0.05) is 12.1 Å². The molecular formula is C10H12ClFO3S. The third-order valence-corrected chi connectivity index (χ3v) is 3.26. The third kappa shape index (κ3) is 4.37. The summed E-state index contributed by atoms with van der Waals surface area (Å²) in [5.41, 5.74) is 0.389. The Kier molecular flexibility index (Phi) is 4.56. The van der Waals surface area contributed by atoms with Gasteiger partial charge in [-0.2, -0.15) is 0 Å². The fourth-order valence-electron chi connectivity index (χ4n) is 1.25. The van der Waals surface area contributed by atoms with Crippen molar-refractivity contribution in [3.8, 4) is 5.75 Å². The molecule has 6 heteroatoms. The Morgan fingerprint density at radius 2 is 2.19 bits per heavy atom. The van der Waals surface area contributed by atoms with Gasteiger partial charge in [0.2, 0.25) is 9.05 Å². The van der Waals surface area contributed by atoms with Gasteiger partial charge < -0.3 is 4.74 Å². The van der Waals surface area contributed by atoms with E-state index in [0.717, 1.165) is 0 Å². The Balaban J connectivity index is 2.69. The van der Waals surface area contributed by atoms with E-state index >= 15 is 0 Å². The van der Waals surface area contributed by atoms with Crippen LogP contribution in [0.15, 0.2) is 24.3 Å². The van der Waals surface area contributed by atoms with Crippen LogP contribution in [0.25, 0.3) is 0 Å². The van der Waals surface area contributed by atoms with Crippen molar-refractivity contribution in [3.63, 3.8) is 0 Å². The highest BCUT2D eigenvalue weighted by molar-refractivity contribution is 8.13. The zero-order valence-electron chi connectivity index (χ0n) is 8.69. The van der Waals surface area contributed by atoms with E-state index in [9.17, 15) is 12.8 Å². The van der Waals surface area contributed by atoms with Gasteiger partial charge in [-0.25, -0.2) is 12.8 Å². The average molecular weight is 267 g/mol. The van der Waals surface area contributed by atoms with Crippen LogP contribution >= 0.6 is 10.7 Å². The van der Waals surface area contributed by atoms with E-state index in [2.05, 4.69) is 0 Å². The van der Waals surface area contributed by atoms with Crippen molar-refractivity contribution in [2.45, 2.75) is 12.6 Å². The average Bonchev–Trinajstić information content (AvgIpc) is 2.25. The van der Waals surface area contributed by atoms with E-state index in [4.69, 9.17) is 15.4 Å². The van der Waals surface area contributed by atoms with Gasteiger partial charge >= 0.3 is 0 Å². The third-order valence-electron chi connectivity index (χ3n) is 2.07. The van der Waals surface area contributed by atoms with Crippen molar-refractivity contribution in [2.75, 3.05) is 12.9 Å². The molecule has 0 saturated carbocycles. The summed E-state index contributed by atoms with van der Waals surface area (Å²) in [6.45, 7) is 0. The summed E-state index contributed by atoms with van der Waals surface area (Å²) in [6, 6.07) is 6.45. The summed E-state index contributed by atoms with van der Waals surface area (Å²) in [7, 11) is 2.84. The maximum atomic E-state index is 13.6. The summed E-state index contributed by atoms with van der Waals surface area (Å²) in [6.07, 6.45) is -1.51. The maximum Gasteiger partial charge on any atom is 0.232 e. The molecule has 0 aliphatic heterocycles. The van der Waals surface area contributed by atoms with E-state index in [1.54, 1.807) is 18.2 Å². The van der Waals surface area contributed by atoms with E-state index in [1.807, 2.05) is 0 Å². The molecule has 0 aromatic heterocycles. The second-order valence-electron chi connectivity index (χ2n) is 3.28. The van der Waals surface area contributed by atoms with Crippen LogP contribution in [0.5, 0.6) is 5.75 Å². The molecule has 1 aromatic rings. The van der Waals surface area contributed by atoms with Crippen molar-refractivity contribution in [3.05, 3.63) is 29.8 Å². The summed E-state index contributed by atoms with van der Waals surface area (Å²) in [5, 5.41) is 0. The molecule has 1 atom stereocenters. The summed E-state index contributed by atoms with van der Waals surface area (Å²) in [4.78, 5) is 0. The fraction of sp³-hybridized carbons (Fsp3) is 0.400. The maximum absolute atomic E-state index is 13.6. The molecule has 16 heavy (non-hydrogen) atoms. The van der Waals surface area contributed by atoms with Crippen LogP contribution in [-0.2, 0) is 9.05 Å². The van der Waals surface area contributed by atoms with Crippen molar-refractivity contribution in [2.24, 2.45) is 0 Å². The van der Waals surface area contributed by atoms with Crippen LogP contribution in [0.4, 0.5) is 4.39 Å². The molecule has 0 N–H and O–H groups in total. The molecule has 0 radical (unpaired) electrons. The first-order valence-electron chi connectivity index (χ1n) is 4.63. The monoisotopic (exact) mass is 266 g/mol. The second-order valence-corrected chi connectivity index (χ2v) is 6.17. The molecule has 0 saturated heterocycles. The van der Waals surface area contributed by atoms with Gasteiger partial charge in [0.1, 0.15) is 11.9 Å². The minimum absolute atomic E-state index is 0.154. The second kappa shape index (κ2) is 5.50. The Labute approximate surface area is 98.6 Å². The Hall–Kier alpha value is -0.810. The predicted octanol–water partition coefficient (Wildman–Crippen LogP) is 2.66. The van der Waals surface area contributed by atoms with Crippen LogP contribution in [0.3, 0.4) is 0 Å². The van der Waals surface area contributed by atoms with Gasteiger partial charge in [-0.05, 0) is 24.1 Å². The number of ether oxygens (including phenoxy) is 1. The standard InChI is InChI=1S/C10H12ClFO3S/c1-15-9-4-2-3-8(7-9)10(12)5-6-16(11,13)14/h2-4,7,10H,5-6H2,1H3. The first kappa shape index (κ1) is 13.3. The van der Waals surface area contributed by atoms with Crippen molar-refractivity contribution in [1.29, 1.82) is 0 Å². The molecule has 0 amide bonds. The SMILES string of the molecule is COc1cccc(C(F)CCS(=O)(=O)Cl)c1. The highest BCUT2D eigenvalue weighted by Gasteiger charge is 2.14. The van der Waals surface area contributed by atoms with E-state index < -0.39 is 15.2 Å². The van der Waals surface area contributed by atoms with Gasteiger partial charge in [0.05, 0.1) is 12.9 Å². The van der Waals surface area contributed by atoms with Crippen LogP contribution < -0.4 is 4.74 Å². The Morgan fingerprint density at radius 3 is 2.75 bits per heavy atom. The number of benzene rings is 1. The zero-order chi connectivity index (χ0) is 12.2. The first-order valence-corrected chi connectivity index (χ1v) is 7.10. The molecule has 90 valence electrons. The smallest absolute Gasteiger partial charge is 0.232 e. The molecule has 1 rings (SSSR count). The Morgan fingerprint density at radius 1 is 1.50 bits per heavy atom. The van der Waals surface area contributed by atoms with E-state index in [0.29, 0.717) is 11.3 Å². The van der Waals surface area contributed by atoms with Gasteiger partial charge in [-0.3, -0.25) is 0 Å². The normalized spacial score (nSPS) is 13.4. The number of rotatable bonds is 5. The number of hydrogen-bond donors (Lipinski definition) is 0. The molecule has 0 aliphatic carbocycles. The van der Waals surface area contributed by atoms with E-state index in [1.165, 1.54) is 13.2 Å². The lowest BCUT2D eigenvalue weighted by molar-refractivity contribution is 0.333. The predicted molar refractivity (Wildman–Crippen MR) is 61.1 cm³/mol. The number of hydrogen-bond acceptors (Lipinski definition) is 3.